The minimum absolute atomic E-state index is 0.164. The third kappa shape index (κ3) is 7.22. The quantitative estimate of drug-likeness (QED) is 0.494. The number of rotatable bonds is 9. The molecule has 0 radical (unpaired) electrons. The summed E-state index contributed by atoms with van der Waals surface area (Å²) in [6, 6.07) is 5.83. The predicted molar refractivity (Wildman–Crippen MR) is 84.5 cm³/mol. The second kappa shape index (κ2) is 8.08. The van der Waals surface area contributed by atoms with E-state index in [4.69, 9.17) is 13.2 Å². The largest absolute Gasteiger partial charge is 0.440 e. The molecule has 0 amide bonds. The molecule has 0 fully saturated rings. The van der Waals surface area contributed by atoms with E-state index in [1.54, 1.807) is 6.92 Å². The second-order valence-corrected chi connectivity index (χ2v) is 9.74. The van der Waals surface area contributed by atoms with E-state index in [0.717, 1.165) is 24.1 Å². The van der Waals surface area contributed by atoms with Crippen molar-refractivity contribution in [3.63, 3.8) is 0 Å². The van der Waals surface area contributed by atoms with Crippen LogP contribution in [-0.2, 0) is 19.2 Å². The van der Waals surface area contributed by atoms with Crippen LogP contribution in [0.5, 0.6) is 11.5 Å². The molecule has 1 aromatic rings. The summed E-state index contributed by atoms with van der Waals surface area (Å²) in [6.45, 7) is 0.739. The van der Waals surface area contributed by atoms with Gasteiger partial charge in [-0.2, -0.15) is 8.42 Å². The number of hydrogen-bond donors (Lipinski definition) is 0. The highest BCUT2D eigenvalue weighted by molar-refractivity contribution is 8.55. The summed E-state index contributed by atoms with van der Waals surface area (Å²) in [5.41, 5.74) is 0. The summed E-state index contributed by atoms with van der Waals surface area (Å²) in [7, 11) is -3.57. The number of benzene rings is 1. The SMILES string of the molecule is CCCSP(=O)(OCC)Oc1ccc(OS(C)(=O)=O)cc1. The van der Waals surface area contributed by atoms with Crippen LogP contribution >= 0.6 is 18.2 Å². The molecule has 0 saturated carbocycles. The molecule has 1 rings (SSSR count). The molecular formula is C12H19O6PS2. The van der Waals surface area contributed by atoms with Crippen molar-refractivity contribution in [2.24, 2.45) is 0 Å². The van der Waals surface area contributed by atoms with Crippen LogP contribution < -0.4 is 8.71 Å². The Balaban J connectivity index is 2.78. The molecular weight excluding hydrogens is 335 g/mol. The average Bonchev–Trinajstić information content (AvgIpc) is 2.37. The van der Waals surface area contributed by atoms with E-state index in [1.807, 2.05) is 6.92 Å². The first-order chi connectivity index (χ1) is 9.78. The molecule has 0 spiro atoms. The van der Waals surface area contributed by atoms with Crippen LogP contribution in [0.3, 0.4) is 0 Å². The summed E-state index contributed by atoms with van der Waals surface area (Å²) < 4.78 is 49.8. The average molecular weight is 354 g/mol. The van der Waals surface area contributed by atoms with Crippen LogP contribution in [0.4, 0.5) is 0 Å². The van der Waals surface area contributed by atoms with E-state index in [0.29, 0.717) is 11.5 Å². The van der Waals surface area contributed by atoms with E-state index < -0.39 is 16.9 Å². The van der Waals surface area contributed by atoms with Gasteiger partial charge in [0.15, 0.2) is 0 Å². The van der Waals surface area contributed by atoms with E-state index in [1.165, 1.54) is 24.3 Å². The Bertz CT molecular complexity index is 584. The highest BCUT2D eigenvalue weighted by Gasteiger charge is 2.26. The lowest BCUT2D eigenvalue weighted by Crippen LogP contribution is -2.05. The Morgan fingerprint density at radius 1 is 1.14 bits per heavy atom. The van der Waals surface area contributed by atoms with Crippen molar-refractivity contribution in [1.29, 1.82) is 0 Å². The van der Waals surface area contributed by atoms with Gasteiger partial charge in [-0.15, -0.1) is 0 Å². The van der Waals surface area contributed by atoms with Gasteiger partial charge < -0.3 is 8.71 Å². The molecule has 0 bridgehead atoms. The third-order valence-electron chi connectivity index (χ3n) is 2.03. The monoisotopic (exact) mass is 354 g/mol. The van der Waals surface area contributed by atoms with E-state index in [9.17, 15) is 13.0 Å². The van der Waals surface area contributed by atoms with Gasteiger partial charge in [-0.25, -0.2) is 4.57 Å². The first-order valence-electron chi connectivity index (χ1n) is 6.36. The molecule has 0 aliphatic heterocycles. The molecule has 1 unspecified atom stereocenters. The maximum absolute atomic E-state index is 12.4. The minimum Gasteiger partial charge on any atom is -0.417 e. The Morgan fingerprint density at radius 3 is 2.19 bits per heavy atom. The molecule has 0 N–H and O–H groups in total. The fourth-order valence-corrected chi connectivity index (χ4v) is 5.23. The molecule has 1 atom stereocenters. The van der Waals surface area contributed by atoms with Gasteiger partial charge in [-0.1, -0.05) is 6.92 Å². The van der Waals surface area contributed by atoms with Gasteiger partial charge in [0, 0.05) is 5.75 Å². The Hall–Kier alpha value is -0.690. The van der Waals surface area contributed by atoms with Crippen molar-refractivity contribution in [3.05, 3.63) is 24.3 Å². The van der Waals surface area contributed by atoms with Crippen LogP contribution in [0, 0.1) is 0 Å². The molecule has 0 aromatic heterocycles. The Morgan fingerprint density at radius 2 is 1.71 bits per heavy atom. The highest BCUT2D eigenvalue weighted by atomic mass is 32.7. The lowest BCUT2D eigenvalue weighted by molar-refractivity contribution is 0.296. The van der Waals surface area contributed by atoms with Crippen molar-refractivity contribution in [2.75, 3.05) is 18.6 Å². The van der Waals surface area contributed by atoms with Crippen LogP contribution in [0.25, 0.3) is 0 Å². The molecule has 0 aliphatic rings. The number of hydrogen-bond acceptors (Lipinski definition) is 7. The zero-order valence-electron chi connectivity index (χ0n) is 12.1. The molecule has 0 aliphatic carbocycles. The van der Waals surface area contributed by atoms with Crippen molar-refractivity contribution >= 4 is 28.3 Å². The van der Waals surface area contributed by atoms with E-state index >= 15 is 0 Å². The first-order valence-corrected chi connectivity index (χ1v) is 11.3. The summed E-state index contributed by atoms with van der Waals surface area (Å²) in [5.74, 6) is 1.15. The molecule has 120 valence electrons. The van der Waals surface area contributed by atoms with Gasteiger partial charge in [0.05, 0.1) is 12.9 Å². The fraction of sp³-hybridized carbons (Fsp3) is 0.500. The van der Waals surface area contributed by atoms with Crippen molar-refractivity contribution in [3.8, 4) is 11.5 Å². The van der Waals surface area contributed by atoms with Crippen LogP contribution in [0.2, 0.25) is 0 Å². The van der Waals surface area contributed by atoms with E-state index in [2.05, 4.69) is 0 Å². The molecule has 6 nitrogen and oxygen atoms in total. The van der Waals surface area contributed by atoms with Gasteiger partial charge in [-0.05, 0) is 49.0 Å². The Labute approximate surface area is 129 Å². The molecule has 0 saturated heterocycles. The van der Waals surface area contributed by atoms with E-state index in [-0.39, 0.29) is 12.4 Å². The molecule has 1 aromatic carbocycles. The van der Waals surface area contributed by atoms with Crippen LogP contribution in [0.15, 0.2) is 24.3 Å². The highest BCUT2D eigenvalue weighted by Crippen LogP contribution is 2.60. The topological polar surface area (TPSA) is 78.9 Å². The van der Waals surface area contributed by atoms with Gasteiger partial charge in [0.1, 0.15) is 11.5 Å². The maximum atomic E-state index is 12.4. The third-order valence-corrected chi connectivity index (χ3v) is 6.48. The molecule has 9 heteroatoms. The van der Waals surface area contributed by atoms with Crippen molar-refractivity contribution < 1.29 is 26.2 Å². The predicted octanol–water partition coefficient (Wildman–Crippen LogP) is 3.69. The van der Waals surface area contributed by atoms with Gasteiger partial charge >= 0.3 is 16.9 Å². The molecule has 21 heavy (non-hydrogen) atoms. The summed E-state index contributed by atoms with van der Waals surface area (Å²) in [5, 5.41) is 0. The minimum atomic E-state index is -3.57. The maximum Gasteiger partial charge on any atom is 0.440 e. The van der Waals surface area contributed by atoms with Crippen LogP contribution in [-0.4, -0.2) is 27.0 Å². The smallest absolute Gasteiger partial charge is 0.417 e. The summed E-state index contributed by atoms with van der Waals surface area (Å²) in [4.78, 5) is 0. The lowest BCUT2D eigenvalue weighted by Gasteiger charge is -2.17. The zero-order chi connectivity index (χ0) is 15.9. The standard InChI is InChI=1S/C12H19O6PS2/c1-4-10-20-19(13,16-5-2)17-11-6-8-12(9-7-11)18-21(3,14)15/h6-9H,4-5,10H2,1-3H3. The normalized spacial score (nSPS) is 14.4. The van der Waals surface area contributed by atoms with Gasteiger partial charge in [-0.3, -0.25) is 4.52 Å². The summed E-state index contributed by atoms with van der Waals surface area (Å²) in [6.07, 6.45) is 1.81. The molecule has 0 heterocycles. The Kier molecular flexibility index (Phi) is 7.06. The van der Waals surface area contributed by atoms with Crippen molar-refractivity contribution in [1.82, 2.24) is 0 Å². The second-order valence-electron chi connectivity index (χ2n) is 4.05. The summed E-state index contributed by atoms with van der Waals surface area (Å²) >= 11 is 1.14. The fourth-order valence-electron chi connectivity index (χ4n) is 1.31. The van der Waals surface area contributed by atoms with Crippen LogP contribution in [0.1, 0.15) is 20.3 Å². The lowest BCUT2D eigenvalue weighted by atomic mass is 10.3. The zero-order valence-corrected chi connectivity index (χ0v) is 14.7. The van der Waals surface area contributed by atoms with Gasteiger partial charge in [0.25, 0.3) is 0 Å². The van der Waals surface area contributed by atoms with Crippen molar-refractivity contribution in [2.45, 2.75) is 20.3 Å². The first kappa shape index (κ1) is 18.4. The van der Waals surface area contributed by atoms with Gasteiger partial charge in [0.2, 0.25) is 0 Å².